The molecule has 4 rings (SSSR count). The number of anilines is 1. The molecule has 6 nitrogen and oxygen atoms in total. The van der Waals surface area contributed by atoms with Crippen LogP contribution in [0.5, 0.6) is 11.5 Å². The third-order valence-corrected chi connectivity index (χ3v) is 4.37. The van der Waals surface area contributed by atoms with Crippen molar-refractivity contribution in [1.29, 1.82) is 0 Å². The van der Waals surface area contributed by atoms with Gasteiger partial charge in [-0.1, -0.05) is 0 Å². The topological polar surface area (TPSA) is 73.6 Å². The average molecular weight is 374 g/mol. The van der Waals surface area contributed by atoms with E-state index in [4.69, 9.17) is 13.9 Å². The number of benzene rings is 2. The Balaban J connectivity index is 1.52. The van der Waals surface area contributed by atoms with Crippen LogP contribution in [0.4, 0.5) is 5.69 Å². The molecule has 1 N–H and O–H groups in total. The Hall–Kier alpha value is -3.80. The van der Waals surface area contributed by atoms with Crippen molar-refractivity contribution in [2.45, 2.75) is 0 Å². The highest BCUT2D eigenvalue weighted by Crippen LogP contribution is 2.29. The number of carbonyl (C=O) groups is 1. The van der Waals surface area contributed by atoms with Gasteiger partial charge in [-0.05, 0) is 60.7 Å². The number of nitrogens with one attached hydrogen (secondary N) is 1. The van der Waals surface area contributed by atoms with Crippen molar-refractivity contribution in [3.8, 4) is 22.8 Å². The maximum atomic E-state index is 12.5. The maximum absolute atomic E-state index is 12.5. The van der Waals surface area contributed by atoms with Gasteiger partial charge in [-0.15, -0.1) is 0 Å². The van der Waals surface area contributed by atoms with E-state index in [2.05, 4.69) is 10.3 Å². The van der Waals surface area contributed by atoms with Crippen LogP contribution in [0.1, 0.15) is 10.4 Å². The summed E-state index contributed by atoms with van der Waals surface area (Å²) in [6.07, 6.45) is 1.70. The molecule has 0 atom stereocenters. The lowest BCUT2D eigenvalue weighted by molar-refractivity contribution is 0.102. The Morgan fingerprint density at radius 1 is 0.964 bits per heavy atom. The predicted octanol–water partition coefficient (Wildman–Crippen LogP) is 4.76. The lowest BCUT2D eigenvalue weighted by Crippen LogP contribution is -2.12. The minimum atomic E-state index is -0.235. The zero-order valence-electron chi connectivity index (χ0n) is 15.4. The predicted molar refractivity (Wildman–Crippen MR) is 107 cm³/mol. The van der Waals surface area contributed by atoms with Crippen molar-refractivity contribution in [2.75, 3.05) is 19.5 Å². The summed E-state index contributed by atoms with van der Waals surface area (Å²) in [5, 5.41) is 3.82. The molecule has 2 aromatic carbocycles. The molecule has 140 valence electrons. The van der Waals surface area contributed by atoms with Crippen molar-refractivity contribution in [1.82, 2.24) is 4.98 Å². The number of rotatable bonds is 5. The normalized spacial score (nSPS) is 10.6. The van der Waals surface area contributed by atoms with E-state index in [1.54, 1.807) is 31.5 Å². The summed E-state index contributed by atoms with van der Waals surface area (Å²) in [5.74, 6) is 1.57. The zero-order chi connectivity index (χ0) is 19.5. The summed E-state index contributed by atoms with van der Waals surface area (Å²) in [7, 11) is 3.09. The Bertz CT molecular complexity index is 1100. The summed E-state index contributed by atoms with van der Waals surface area (Å²) in [6.45, 7) is 0. The molecule has 2 heterocycles. The van der Waals surface area contributed by atoms with E-state index in [9.17, 15) is 4.79 Å². The summed E-state index contributed by atoms with van der Waals surface area (Å²) in [6, 6.07) is 18.2. The second kappa shape index (κ2) is 7.44. The average Bonchev–Trinajstić information content (AvgIpc) is 3.18. The zero-order valence-corrected chi connectivity index (χ0v) is 15.4. The lowest BCUT2D eigenvalue weighted by atomic mass is 10.1. The summed E-state index contributed by atoms with van der Waals surface area (Å²) in [5.41, 5.74) is 2.66. The molecule has 0 spiro atoms. The molecule has 0 saturated carbocycles. The number of hydrogen-bond acceptors (Lipinski definition) is 5. The molecule has 2 aromatic heterocycles. The molecular weight excluding hydrogens is 356 g/mol. The van der Waals surface area contributed by atoms with Gasteiger partial charge >= 0.3 is 0 Å². The van der Waals surface area contributed by atoms with Gasteiger partial charge in [-0.3, -0.25) is 4.79 Å². The van der Waals surface area contributed by atoms with E-state index in [0.717, 1.165) is 16.7 Å². The summed E-state index contributed by atoms with van der Waals surface area (Å²) in [4.78, 5) is 16.7. The minimum absolute atomic E-state index is 0.235. The molecule has 0 radical (unpaired) electrons. The van der Waals surface area contributed by atoms with Gasteiger partial charge in [0, 0.05) is 28.4 Å². The van der Waals surface area contributed by atoms with Gasteiger partial charge in [0.2, 0.25) is 5.71 Å². The van der Waals surface area contributed by atoms with Crippen LogP contribution in [-0.2, 0) is 0 Å². The Morgan fingerprint density at radius 3 is 2.46 bits per heavy atom. The SMILES string of the molecule is COc1ccc(C(=O)Nc2ccc(-c3cc4cccnc4o3)cc2)cc1OC. The summed E-state index contributed by atoms with van der Waals surface area (Å²) >= 11 is 0. The van der Waals surface area contributed by atoms with Gasteiger partial charge in [0.15, 0.2) is 11.5 Å². The number of carbonyl (C=O) groups excluding carboxylic acids is 1. The molecule has 0 saturated heterocycles. The lowest BCUT2D eigenvalue weighted by Gasteiger charge is -2.10. The highest BCUT2D eigenvalue weighted by atomic mass is 16.5. The molecule has 28 heavy (non-hydrogen) atoms. The monoisotopic (exact) mass is 374 g/mol. The fraction of sp³-hybridized carbons (Fsp3) is 0.0909. The first-order valence-corrected chi connectivity index (χ1v) is 8.66. The Kier molecular flexibility index (Phi) is 4.68. The highest BCUT2D eigenvalue weighted by molar-refractivity contribution is 6.04. The number of furan rings is 1. The fourth-order valence-electron chi connectivity index (χ4n) is 2.91. The van der Waals surface area contributed by atoms with Crippen LogP contribution >= 0.6 is 0 Å². The molecule has 4 aromatic rings. The van der Waals surface area contributed by atoms with E-state index >= 15 is 0 Å². The first-order chi connectivity index (χ1) is 13.7. The molecule has 0 aliphatic rings. The number of hydrogen-bond donors (Lipinski definition) is 1. The quantitative estimate of drug-likeness (QED) is 0.545. The van der Waals surface area contributed by atoms with Gasteiger partial charge in [0.25, 0.3) is 5.91 Å². The second-order valence-electron chi connectivity index (χ2n) is 6.11. The van der Waals surface area contributed by atoms with Gasteiger partial charge in [-0.25, -0.2) is 4.98 Å². The van der Waals surface area contributed by atoms with Crippen LogP contribution in [0, 0.1) is 0 Å². The molecule has 0 fully saturated rings. The number of nitrogens with zero attached hydrogens (tertiary/aromatic N) is 1. The molecule has 0 aliphatic heterocycles. The second-order valence-corrected chi connectivity index (χ2v) is 6.11. The number of aromatic nitrogens is 1. The molecule has 0 aliphatic carbocycles. The standard InChI is InChI=1S/C22H18N2O4/c1-26-18-10-7-15(12-20(18)27-2)21(25)24-17-8-5-14(6-9-17)19-13-16-4-3-11-23-22(16)28-19/h3-13H,1-2H3,(H,24,25). The van der Waals surface area contributed by atoms with E-state index in [1.165, 1.54) is 7.11 Å². The number of amides is 1. The summed E-state index contributed by atoms with van der Waals surface area (Å²) < 4.78 is 16.2. The van der Waals surface area contributed by atoms with Gasteiger partial charge < -0.3 is 19.2 Å². The van der Waals surface area contributed by atoms with Crippen molar-refractivity contribution in [3.05, 3.63) is 72.4 Å². The first kappa shape index (κ1) is 17.6. The van der Waals surface area contributed by atoms with Crippen LogP contribution in [0.15, 0.2) is 71.3 Å². The third kappa shape index (κ3) is 3.40. The van der Waals surface area contributed by atoms with Crippen LogP contribution in [0.2, 0.25) is 0 Å². The molecular formula is C22H18N2O4. The van der Waals surface area contributed by atoms with Crippen LogP contribution in [0.3, 0.4) is 0 Å². The van der Waals surface area contributed by atoms with E-state index in [-0.39, 0.29) is 5.91 Å². The van der Waals surface area contributed by atoms with Gasteiger partial charge in [0.05, 0.1) is 14.2 Å². The fourth-order valence-corrected chi connectivity index (χ4v) is 2.91. The highest BCUT2D eigenvalue weighted by Gasteiger charge is 2.12. The number of ether oxygens (including phenoxy) is 2. The third-order valence-electron chi connectivity index (χ3n) is 4.37. The van der Waals surface area contributed by atoms with Crippen LogP contribution in [0.25, 0.3) is 22.4 Å². The molecule has 6 heteroatoms. The van der Waals surface area contributed by atoms with Crippen molar-refractivity contribution in [2.24, 2.45) is 0 Å². The van der Waals surface area contributed by atoms with Gasteiger partial charge in [0.1, 0.15) is 5.76 Å². The van der Waals surface area contributed by atoms with E-state index < -0.39 is 0 Å². The van der Waals surface area contributed by atoms with Gasteiger partial charge in [-0.2, -0.15) is 0 Å². The van der Waals surface area contributed by atoms with E-state index in [0.29, 0.717) is 28.5 Å². The number of methoxy groups -OCH3 is 2. The Morgan fingerprint density at radius 2 is 1.75 bits per heavy atom. The largest absolute Gasteiger partial charge is 0.493 e. The van der Waals surface area contributed by atoms with Crippen molar-refractivity contribution in [3.63, 3.8) is 0 Å². The molecule has 0 bridgehead atoms. The smallest absolute Gasteiger partial charge is 0.255 e. The first-order valence-electron chi connectivity index (χ1n) is 8.66. The Labute approximate surface area is 161 Å². The number of pyridine rings is 1. The molecule has 1 amide bonds. The van der Waals surface area contributed by atoms with E-state index in [1.807, 2.05) is 42.5 Å². The maximum Gasteiger partial charge on any atom is 0.255 e. The number of fused-ring (bicyclic) bond motifs is 1. The van der Waals surface area contributed by atoms with Crippen LogP contribution < -0.4 is 14.8 Å². The van der Waals surface area contributed by atoms with Crippen molar-refractivity contribution < 1.29 is 18.7 Å². The minimum Gasteiger partial charge on any atom is -0.493 e. The van der Waals surface area contributed by atoms with Crippen molar-refractivity contribution >= 4 is 22.7 Å². The molecule has 0 unspecified atom stereocenters. The van der Waals surface area contributed by atoms with Crippen LogP contribution in [-0.4, -0.2) is 25.1 Å².